The molecule has 4 aromatic rings. The maximum Gasteiger partial charge on any atom is 0.222 e. The summed E-state index contributed by atoms with van der Waals surface area (Å²) in [6, 6.07) is 21.5. The van der Waals surface area contributed by atoms with Crippen LogP contribution >= 0.6 is 0 Å². The van der Waals surface area contributed by atoms with E-state index in [1.54, 1.807) is 18.1 Å². The van der Waals surface area contributed by atoms with Gasteiger partial charge in [-0.25, -0.2) is 4.68 Å². The summed E-state index contributed by atoms with van der Waals surface area (Å²) in [6.07, 6.45) is 4.06. The third-order valence-corrected chi connectivity index (χ3v) is 6.11. The molecule has 2 heterocycles. The molecule has 0 saturated heterocycles. The number of furan rings is 1. The lowest BCUT2D eigenvalue weighted by atomic mass is 10.1. The standard InChI is InChI=1S/C29H35N3O4/c1-4-5-12-23(33)19-32(20-26-13-9-18-35-26)21-27-28(22-10-7-6-8-11-22)30-31(2)29(27)36-25-16-14-24(34-3)15-17-25/h6-11,13-18,23,33H,4-5,12,19-21H2,1-3H3. The molecule has 0 saturated carbocycles. The largest absolute Gasteiger partial charge is 0.497 e. The molecule has 0 fully saturated rings. The van der Waals surface area contributed by atoms with Gasteiger partial charge in [-0.15, -0.1) is 0 Å². The van der Waals surface area contributed by atoms with Crippen molar-refractivity contribution in [1.29, 1.82) is 0 Å². The van der Waals surface area contributed by atoms with E-state index >= 15 is 0 Å². The molecule has 2 aromatic carbocycles. The molecule has 0 aliphatic carbocycles. The topological polar surface area (TPSA) is 72.9 Å². The Bertz CT molecular complexity index is 1190. The predicted octanol–water partition coefficient (Wildman–Crippen LogP) is 6.03. The number of aryl methyl sites for hydroxylation is 1. The van der Waals surface area contributed by atoms with E-state index < -0.39 is 6.10 Å². The van der Waals surface area contributed by atoms with Crippen LogP contribution in [0.15, 0.2) is 77.4 Å². The van der Waals surface area contributed by atoms with E-state index in [0.29, 0.717) is 31.3 Å². The molecule has 7 heteroatoms. The van der Waals surface area contributed by atoms with Crippen LogP contribution in [0.3, 0.4) is 0 Å². The van der Waals surface area contributed by atoms with Crippen LogP contribution in [0.2, 0.25) is 0 Å². The molecule has 0 aliphatic heterocycles. The Morgan fingerprint density at radius 3 is 2.42 bits per heavy atom. The normalized spacial score (nSPS) is 12.1. The molecule has 0 bridgehead atoms. The number of methoxy groups -OCH3 is 1. The molecule has 1 N–H and O–H groups in total. The summed E-state index contributed by atoms with van der Waals surface area (Å²) >= 11 is 0. The van der Waals surface area contributed by atoms with Gasteiger partial charge in [0.25, 0.3) is 0 Å². The zero-order valence-electron chi connectivity index (χ0n) is 21.3. The number of ether oxygens (including phenoxy) is 2. The molecule has 1 atom stereocenters. The number of benzene rings is 2. The highest BCUT2D eigenvalue weighted by Gasteiger charge is 2.24. The van der Waals surface area contributed by atoms with E-state index in [2.05, 4.69) is 24.0 Å². The van der Waals surface area contributed by atoms with Gasteiger partial charge in [-0.05, 0) is 42.8 Å². The minimum atomic E-state index is -0.428. The highest BCUT2D eigenvalue weighted by atomic mass is 16.5. The van der Waals surface area contributed by atoms with Gasteiger partial charge in [0.2, 0.25) is 5.88 Å². The average molecular weight is 490 g/mol. The predicted molar refractivity (Wildman–Crippen MR) is 140 cm³/mol. The van der Waals surface area contributed by atoms with Crippen molar-refractivity contribution in [2.75, 3.05) is 13.7 Å². The average Bonchev–Trinajstić information content (AvgIpc) is 3.52. The first kappa shape index (κ1) is 25.5. The van der Waals surface area contributed by atoms with Gasteiger partial charge in [0, 0.05) is 25.7 Å². The summed E-state index contributed by atoms with van der Waals surface area (Å²) in [5.41, 5.74) is 2.82. The van der Waals surface area contributed by atoms with Gasteiger partial charge >= 0.3 is 0 Å². The molecule has 0 aliphatic rings. The van der Waals surface area contributed by atoms with Crippen LogP contribution < -0.4 is 9.47 Å². The smallest absolute Gasteiger partial charge is 0.222 e. The molecule has 0 radical (unpaired) electrons. The van der Waals surface area contributed by atoms with Gasteiger partial charge in [-0.3, -0.25) is 4.90 Å². The highest BCUT2D eigenvalue weighted by Crippen LogP contribution is 2.35. The van der Waals surface area contributed by atoms with E-state index in [4.69, 9.17) is 19.0 Å². The molecule has 7 nitrogen and oxygen atoms in total. The Hall–Kier alpha value is -3.55. The molecule has 1 unspecified atom stereocenters. The Kier molecular flexibility index (Phi) is 8.81. The number of unbranched alkanes of at least 4 members (excludes halogenated alkanes) is 1. The van der Waals surface area contributed by atoms with Crippen molar-refractivity contribution >= 4 is 0 Å². The second-order valence-electron chi connectivity index (χ2n) is 8.94. The van der Waals surface area contributed by atoms with Crippen molar-refractivity contribution in [2.45, 2.75) is 45.4 Å². The first-order valence-electron chi connectivity index (χ1n) is 12.4. The fourth-order valence-corrected chi connectivity index (χ4v) is 4.27. The highest BCUT2D eigenvalue weighted by molar-refractivity contribution is 5.65. The maximum absolute atomic E-state index is 10.8. The molecular weight excluding hydrogens is 454 g/mol. The third-order valence-electron chi connectivity index (χ3n) is 6.11. The van der Waals surface area contributed by atoms with Crippen LogP contribution in [0, 0.1) is 0 Å². The summed E-state index contributed by atoms with van der Waals surface area (Å²) in [4.78, 5) is 2.20. The summed E-state index contributed by atoms with van der Waals surface area (Å²) in [5.74, 6) is 2.97. The lowest BCUT2D eigenvalue weighted by Gasteiger charge is -2.25. The van der Waals surface area contributed by atoms with Crippen LogP contribution in [0.25, 0.3) is 11.3 Å². The van der Waals surface area contributed by atoms with Crippen molar-refractivity contribution in [3.63, 3.8) is 0 Å². The monoisotopic (exact) mass is 489 g/mol. The number of aromatic nitrogens is 2. The third kappa shape index (κ3) is 6.56. The Labute approximate surface area is 212 Å². The van der Waals surface area contributed by atoms with Crippen LogP contribution in [0.1, 0.15) is 37.5 Å². The van der Waals surface area contributed by atoms with E-state index in [1.807, 2.05) is 61.6 Å². The van der Waals surface area contributed by atoms with Crippen molar-refractivity contribution in [2.24, 2.45) is 7.05 Å². The minimum Gasteiger partial charge on any atom is -0.497 e. The fourth-order valence-electron chi connectivity index (χ4n) is 4.27. The number of aliphatic hydroxyl groups excluding tert-OH is 1. The van der Waals surface area contributed by atoms with Crippen LogP contribution in [0.4, 0.5) is 0 Å². The van der Waals surface area contributed by atoms with Gasteiger partial charge in [0.15, 0.2) is 0 Å². The number of rotatable bonds is 13. The first-order chi connectivity index (χ1) is 17.6. The lowest BCUT2D eigenvalue weighted by molar-refractivity contribution is 0.0917. The van der Waals surface area contributed by atoms with Gasteiger partial charge in [-0.2, -0.15) is 5.10 Å². The Balaban J connectivity index is 1.69. The molecule has 2 aromatic heterocycles. The van der Waals surface area contributed by atoms with Crippen molar-refractivity contribution < 1.29 is 19.0 Å². The van der Waals surface area contributed by atoms with E-state index in [-0.39, 0.29) is 0 Å². The van der Waals surface area contributed by atoms with Crippen LogP contribution in [-0.4, -0.2) is 39.5 Å². The molecule has 190 valence electrons. The molecule has 0 spiro atoms. The first-order valence-corrected chi connectivity index (χ1v) is 12.4. The van der Waals surface area contributed by atoms with Crippen molar-refractivity contribution in [3.8, 4) is 28.6 Å². The lowest BCUT2D eigenvalue weighted by Crippen LogP contribution is -2.32. The zero-order chi connectivity index (χ0) is 25.3. The second-order valence-corrected chi connectivity index (χ2v) is 8.94. The van der Waals surface area contributed by atoms with E-state index in [0.717, 1.165) is 47.6 Å². The molecular formula is C29H35N3O4. The number of aliphatic hydroxyl groups is 1. The van der Waals surface area contributed by atoms with Crippen LogP contribution in [-0.2, 0) is 20.1 Å². The van der Waals surface area contributed by atoms with Gasteiger partial charge in [0.1, 0.15) is 23.0 Å². The number of nitrogens with zero attached hydrogens (tertiary/aromatic N) is 3. The van der Waals surface area contributed by atoms with Crippen LogP contribution in [0.5, 0.6) is 17.4 Å². The van der Waals surface area contributed by atoms with E-state index in [1.165, 1.54) is 0 Å². The maximum atomic E-state index is 10.8. The zero-order valence-corrected chi connectivity index (χ0v) is 21.3. The van der Waals surface area contributed by atoms with Gasteiger partial charge in [-0.1, -0.05) is 50.1 Å². The minimum absolute atomic E-state index is 0.428. The second kappa shape index (κ2) is 12.4. The summed E-state index contributed by atoms with van der Waals surface area (Å²) in [6.45, 7) is 3.76. The van der Waals surface area contributed by atoms with Crippen molar-refractivity contribution in [3.05, 3.63) is 84.3 Å². The van der Waals surface area contributed by atoms with Gasteiger partial charge in [0.05, 0.1) is 31.6 Å². The summed E-state index contributed by atoms with van der Waals surface area (Å²) in [5, 5.41) is 15.6. The van der Waals surface area contributed by atoms with Crippen molar-refractivity contribution in [1.82, 2.24) is 14.7 Å². The molecule has 0 amide bonds. The Morgan fingerprint density at radius 1 is 1.00 bits per heavy atom. The fraction of sp³-hybridized carbons (Fsp3) is 0.345. The van der Waals surface area contributed by atoms with Gasteiger partial charge < -0.3 is 19.0 Å². The summed E-state index contributed by atoms with van der Waals surface area (Å²) < 4.78 is 19.1. The molecule has 4 rings (SSSR count). The Morgan fingerprint density at radius 2 is 1.75 bits per heavy atom. The quantitative estimate of drug-likeness (QED) is 0.247. The molecule has 36 heavy (non-hydrogen) atoms. The summed E-state index contributed by atoms with van der Waals surface area (Å²) in [7, 11) is 3.53. The number of hydrogen-bond donors (Lipinski definition) is 1. The van der Waals surface area contributed by atoms with E-state index in [9.17, 15) is 5.11 Å². The SMILES string of the molecule is CCCCC(O)CN(Cc1ccco1)Cc1c(-c2ccccc2)nn(C)c1Oc1ccc(OC)cc1. The number of hydrogen-bond acceptors (Lipinski definition) is 6.